The minimum Gasteiger partial charge on any atom is -0.489 e. The number of carbonyl (C=O) groups is 2. The highest BCUT2D eigenvalue weighted by Crippen LogP contribution is 2.29. The monoisotopic (exact) mass is 531 g/mol. The number of nitrogens with one attached hydrogen (secondary N) is 1. The van der Waals surface area contributed by atoms with Crippen molar-refractivity contribution in [2.45, 2.75) is 38.8 Å². The van der Waals surface area contributed by atoms with E-state index in [0.29, 0.717) is 52.3 Å². The molecule has 1 aromatic carbocycles. The van der Waals surface area contributed by atoms with Gasteiger partial charge in [-0.2, -0.15) is 0 Å². The number of aromatic nitrogens is 1. The number of ether oxygens (including phenoxy) is 1. The molecule has 2 aromatic rings. The number of pyridine rings is 1. The summed E-state index contributed by atoms with van der Waals surface area (Å²) in [4.78, 5) is 37.4. The molecule has 0 radical (unpaired) electrons. The van der Waals surface area contributed by atoms with Gasteiger partial charge in [-0.15, -0.1) is 0 Å². The van der Waals surface area contributed by atoms with Crippen molar-refractivity contribution in [3.05, 3.63) is 72.1 Å². The van der Waals surface area contributed by atoms with Crippen LogP contribution in [0.4, 0.5) is 0 Å². The SMILES string of the molecule is O=C(C[C@@H]1CCN2C[C@@H]1C=CCOc1ccccc1CN(Cc1ccccn1)CC2=O)NCCN1CCCC1. The van der Waals surface area contributed by atoms with Gasteiger partial charge >= 0.3 is 0 Å². The predicted octanol–water partition coefficient (Wildman–Crippen LogP) is 3.10. The summed E-state index contributed by atoms with van der Waals surface area (Å²) in [5.74, 6) is 1.39. The zero-order valence-electron chi connectivity index (χ0n) is 22.8. The van der Waals surface area contributed by atoms with Crippen molar-refractivity contribution in [2.75, 3.05) is 52.4 Å². The number of piperidine rings is 1. The molecule has 0 unspecified atom stereocenters. The molecular weight excluding hydrogens is 490 g/mol. The largest absolute Gasteiger partial charge is 0.489 e. The van der Waals surface area contributed by atoms with Crippen LogP contribution in [0.1, 0.15) is 36.9 Å². The molecule has 4 heterocycles. The lowest BCUT2D eigenvalue weighted by Gasteiger charge is -2.38. The quantitative estimate of drug-likeness (QED) is 0.554. The lowest BCUT2D eigenvalue weighted by atomic mass is 9.82. The van der Waals surface area contributed by atoms with E-state index >= 15 is 0 Å². The molecular formula is C31H41N5O3. The van der Waals surface area contributed by atoms with Crippen molar-refractivity contribution < 1.29 is 14.3 Å². The van der Waals surface area contributed by atoms with Crippen LogP contribution < -0.4 is 10.1 Å². The summed E-state index contributed by atoms with van der Waals surface area (Å²) in [5.41, 5.74) is 1.98. The van der Waals surface area contributed by atoms with E-state index in [2.05, 4.69) is 38.3 Å². The second-order valence-corrected chi connectivity index (χ2v) is 11.0. The Morgan fingerprint density at radius 1 is 1.03 bits per heavy atom. The molecule has 39 heavy (non-hydrogen) atoms. The number of hydrogen-bond donors (Lipinski definition) is 1. The van der Waals surface area contributed by atoms with Gasteiger partial charge in [0.05, 0.1) is 12.2 Å². The maximum atomic E-state index is 13.6. The molecule has 3 aliphatic heterocycles. The van der Waals surface area contributed by atoms with Gasteiger partial charge in [0.15, 0.2) is 0 Å². The van der Waals surface area contributed by atoms with Crippen molar-refractivity contribution in [1.82, 2.24) is 25.0 Å². The van der Waals surface area contributed by atoms with E-state index in [1.54, 1.807) is 6.20 Å². The Hall–Kier alpha value is -3.23. The van der Waals surface area contributed by atoms with Gasteiger partial charge in [0.1, 0.15) is 12.4 Å². The minimum atomic E-state index is 0.113. The van der Waals surface area contributed by atoms with Crippen LogP contribution in [0.5, 0.6) is 5.75 Å². The normalized spacial score (nSPS) is 22.8. The van der Waals surface area contributed by atoms with Crippen LogP contribution >= 0.6 is 0 Å². The molecule has 1 N–H and O–H groups in total. The molecule has 3 aliphatic rings. The lowest BCUT2D eigenvalue weighted by molar-refractivity contribution is -0.135. The molecule has 8 heteroatoms. The van der Waals surface area contributed by atoms with Crippen LogP contribution in [-0.2, 0) is 22.7 Å². The molecule has 8 nitrogen and oxygen atoms in total. The molecule has 1 aromatic heterocycles. The Labute approximate surface area is 232 Å². The number of para-hydroxylation sites is 1. The van der Waals surface area contributed by atoms with Crippen LogP contribution in [0.3, 0.4) is 0 Å². The zero-order valence-corrected chi connectivity index (χ0v) is 22.8. The van der Waals surface area contributed by atoms with Crippen LogP contribution in [0.2, 0.25) is 0 Å². The molecule has 2 bridgehead atoms. The average molecular weight is 532 g/mol. The first kappa shape index (κ1) is 27.3. The molecule has 2 saturated heterocycles. The third kappa shape index (κ3) is 7.90. The van der Waals surface area contributed by atoms with Gasteiger partial charge in [0, 0.05) is 57.4 Å². The Bertz CT molecular complexity index is 1120. The Kier molecular flexibility index (Phi) is 9.61. The lowest BCUT2D eigenvalue weighted by Crippen LogP contribution is -2.48. The highest BCUT2D eigenvalue weighted by atomic mass is 16.5. The fraction of sp³-hybridized carbons (Fsp3) is 0.516. The van der Waals surface area contributed by atoms with Crippen LogP contribution in [-0.4, -0.2) is 83.9 Å². The van der Waals surface area contributed by atoms with E-state index in [9.17, 15) is 9.59 Å². The van der Waals surface area contributed by atoms with E-state index in [4.69, 9.17) is 4.74 Å². The number of likely N-dealkylation sites (tertiary alicyclic amines) is 1. The molecule has 0 aliphatic carbocycles. The molecule has 0 saturated carbocycles. The van der Waals surface area contributed by atoms with E-state index in [0.717, 1.165) is 43.1 Å². The number of fused-ring (bicyclic) bond motifs is 3. The predicted molar refractivity (Wildman–Crippen MR) is 151 cm³/mol. The van der Waals surface area contributed by atoms with Gasteiger partial charge in [0.2, 0.25) is 11.8 Å². The van der Waals surface area contributed by atoms with Gasteiger partial charge in [-0.05, 0) is 62.4 Å². The van der Waals surface area contributed by atoms with Crippen LogP contribution in [0.25, 0.3) is 0 Å². The summed E-state index contributed by atoms with van der Waals surface area (Å²) in [6.07, 6.45) is 9.84. The number of benzene rings is 1. The molecule has 0 spiro atoms. The second-order valence-electron chi connectivity index (χ2n) is 11.0. The van der Waals surface area contributed by atoms with Gasteiger partial charge in [-0.3, -0.25) is 19.5 Å². The van der Waals surface area contributed by atoms with Crippen molar-refractivity contribution in [2.24, 2.45) is 11.8 Å². The summed E-state index contributed by atoms with van der Waals surface area (Å²) in [5, 5.41) is 3.13. The number of carbonyl (C=O) groups excluding carboxylic acids is 2. The number of amides is 2. The van der Waals surface area contributed by atoms with Crippen molar-refractivity contribution in [1.29, 1.82) is 0 Å². The summed E-state index contributed by atoms with van der Waals surface area (Å²) >= 11 is 0. The third-order valence-corrected chi connectivity index (χ3v) is 8.11. The highest BCUT2D eigenvalue weighted by Gasteiger charge is 2.32. The minimum absolute atomic E-state index is 0.113. The first-order valence-electron chi connectivity index (χ1n) is 14.4. The molecule has 5 rings (SSSR count). The van der Waals surface area contributed by atoms with E-state index in [1.807, 2.05) is 41.3 Å². The van der Waals surface area contributed by atoms with Crippen molar-refractivity contribution >= 4 is 11.8 Å². The number of nitrogens with zero attached hydrogens (tertiary/aromatic N) is 4. The van der Waals surface area contributed by atoms with Crippen LogP contribution in [0, 0.1) is 11.8 Å². The van der Waals surface area contributed by atoms with E-state index in [-0.39, 0.29) is 23.7 Å². The average Bonchev–Trinajstić information content (AvgIpc) is 3.46. The first-order valence-corrected chi connectivity index (χ1v) is 14.4. The zero-order chi connectivity index (χ0) is 26.9. The fourth-order valence-corrected chi connectivity index (χ4v) is 5.96. The molecule has 2 atom stereocenters. The van der Waals surface area contributed by atoms with Gasteiger partial charge in [0.25, 0.3) is 0 Å². The second kappa shape index (κ2) is 13.7. The topological polar surface area (TPSA) is 78.0 Å². The van der Waals surface area contributed by atoms with Crippen molar-refractivity contribution in [3.8, 4) is 5.75 Å². The van der Waals surface area contributed by atoms with Gasteiger partial charge in [-0.25, -0.2) is 0 Å². The molecule has 2 amide bonds. The molecule has 2 fully saturated rings. The Morgan fingerprint density at radius 2 is 1.87 bits per heavy atom. The maximum absolute atomic E-state index is 13.6. The standard InChI is InChI=1S/C31H41N5O3/c37-30(33-14-18-34-15-5-6-16-34)20-25-12-17-36-22-26(25)9-7-19-39-29-11-2-1-8-27(29)21-35(24-31(36)38)23-28-10-3-4-13-32-28/h1-4,7-11,13,25-26H,5-6,12,14-24H2,(H,33,37)/t25-,26-/m0/s1. The van der Waals surface area contributed by atoms with Gasteiger partial charge in [-0.1, -0.05) is 36.4 Å². The third-order valence-electron chi connectivity index (χ3n) is 8.11. The van der Waals surface area contributed by atoms with E-state index < -0.39 is 0 Å². The summed E-state index contributed by atoms with van der Waals surface area (Å²) in [6.45, 7) is 7.16. The summed E-state index contributed by atoms with van der Waals surface area (Å²) in [6, 6.07) is 13.9. The summed E-state index contributed by atoms with van der Waals surface area (Å²) in [7, 11) is 0. The smallest absolute Gasteiger partial charge is 0.236 e. The summed E-state index contributed by atoms with van der Waals surface area (Å²) < 4.78 is 6.17. The first-order chi connectivity index (χ1) is 19.1. The fourth-order valence-electron chi connectivity index (χ4n) is 5.96. The highest BCUT2D eigenvalue weighted by molar-refractivity contribution is 5.79. The van der Waals surface area contributed by atoms with E-state index in [1.165, 1.54) is 12.8 Å². The van der Waals surface area contributed by atoms with Crippen LogP contribution in [0.15, 0.2) is 60.8 Å². The van der Waals surface area contributed by atoms with Crippen molar-refractivity contribution in [3.63, 3.8) is 0 Å². The Morgan fingerprint density at radius 3 is 2.72 bits per heavy atom. The maximum Gasteiger partial charge on any atom is 0.236 e. The number of hydrogen-bond acceptors (Lipinski definition) is 6. The molecule has 208 valence electrons. The van der Waals surface area contributed by atoms with Gasteiger partial charge < -0.3 is 19.9 Å². The number of rotatable bonds is 7. The Balaban J connectivity index is 1.26.